The lowest BCUT2D eigenvalue weighted by Crippen LogP contribution is -2.49. The predicted molar refractivity (Wildman–Crippen MR) is 138 cm³/mol. The Kier molecular flexibility index (Phi) is 9.07. The van der Waals surface area contributed by atoms with Crippen LogP contribution in [0.5, 0.6) is 17.2 Å². The minimum Gasteiger partial charge on any atom is -0.497 e. The summed E-state index contributed by atoms with van der Waals surface area (Å²) >= 11 is 0. The number of ether oxygens (including phenoxy) is 3. The molecule has 1 saturated heterocycles. The number of nitrogens with one attached hydrogen (secondary N) is 2. The molecular formula is C27H34N4O6. The number of rotatable bonds is 11. The van der Waals surface area contributed by atoms with Crippen LogP contribution >= 0.6 is 0 Å². The van der Waals surface area contributed by atoms with E-state index in [1.54, 1.807) is 7.11 Å². The average molecular weight is 511 g/mol. The molecule has 4 rings (SSSR count). The molecule has 2 aliphatic heterocycles. The van der Waals surface area contributed by atoms with Gasteiger partial charge in [0.1, 0.15) is 18.4 Å². The van der Waals surface area contributed by atoms with E-state index in [0.717, 1.165) is 36.1 Å². The summed E-state index contributed by atoms with van der Waals surface area (Å²) < 4.78 is 15.9. The van der Waals surface area contributed by atoms with Gasteiger partial charge in [-0.05, 0) is 41.8 Å². The first kappa shape index (κ1) is 26.1. The van der Waals surface area contributed by atoms with Gasteiger partial charge in [0.25, 0.3) is 0 Å². The molecule has 0 bridgehead atoms. The van der Waals surface area contributed by atoms with E-state index in [9.17, 15) is 9.59 Å². The molecule has 2 aromatic carbocycles. The van der Waals surface area contributed by atoms with Crippen LogP contribution in [0.1, 0.15) is 43.7 Å². The fourth-order valence-electron chi connectivity index (χ4n) is 4.17. The Morgan fingerprint density at radius 3 is 2.62 bits per heavy atom. The number of hydrogen-bond acceptors (Lipinski definition) is 7. The first-order valence-corrected chi connectivity index (χ1v) is 12.6. The summed E-state index contributed by atoms with van der Waals surface area (Å²) in [6, 6.07) is 12.1. The van der Waals surface area contributed by atoms with E-state index < -0.39 is 6.04 Å². The highest BCUT2D eigenvalue weighted by atomic mass is 16.7. The summed E-state index contributed by atoms with van der Waals surface area (Å²) in [5.74, 6) is 1.86. The third-order valence-electron chi connectivity index (χ3n) is 6.27. The Morgan fingerprint density at radius 1 is 1.05 bits per heavy atom. The van der Waals surface area contributed by atoms with Crippen LogP contribution in [-0.2, 0) is 22.8 Å². The van der Waals surface area contributed by atoms with Gasteiger partial charge in [-0.25, -0.2) is 4.79 Å². The third-order valence-corrected chi connectivity index (χ3v) is 6.27. The molecule has 198 valence electrons. The van der Waals surface area contributed by atoms with E-state index in [1.807, 2.05) is 42.5 Å². The number of carbonyl (C=O) groups excluding carboxylic acids is 2. The minimum atomic E-state index is -0.677. The maximum absolute atomic E-state index is 13.1. The lowest BCUT2D eigenvalue weighted by atomic mass is 10.1. The summed E-state index contributed by atoms with van der Waals surface area (Å²) in [6.07, 6.45) is 3.29. The zero-order chi connectivity index (χ0) is 26.0. The Labute approximate surface area is 216 Å². The molecule has 0 unspecified atom stereocenters. The lowest BCUT2D eigenvalue weighted by Gasteiger charge is -2.23. The van der Waals surface area contributed by atoms with Crippen molar-refractivity contribution in [1.82, 2.24) is 15.5 Å². The molecule has 2 N–H and O–H groups in total. The van der Waals surface area contributed by atoms with E-state index in [-0.39, 0.29) is 31.9 Å². The minimum absolute atomic E-state index is 0.193. The Hall–Kier alpha value is -3.95. The molecule has 3 amide bonds. The van der Waals surface area contributed by atoms with Crippen LogP contribution in [0.4, 0.5) is 4.79 Å². The Balaban J connectivity index is 1.37. The van der Waals surface area contributed by atoms with Gasteiger partial charge in [0.2, 0.25) is 12.7 Å². The summed E-state index contributed by atoms with van der Waals surface area (Å²) in [5, 5.41) is 10.1. The van der Waals surface area contributed by atoms with Gasteiger partial charge in [0, 0.05) is 19.5 Å². The molecule has 2 heterocycles. The molecule has 0 aromatic heterocycles. The zero-order valence-corrected chi connectivity index (χ0v) is 21.3. The van der Waals surface area contributed by atoms with Crippen molar-refractivity contribution >= 4 is 17.6 Å². The maximum atomic E-state index is 13.1. The van der Waals surface area contributed by atoms with E-state index in [2.05, 4.69) is 22.7 Å². The first-order valence-electron chi connectivity index (χ1n) is 12.6. The molecule has 2 aromatic rings. The smallest absolute Gasteiger partial charge is 0.318 e. The van der Waals surface area contributed by atoms with Crippen molar-refractivity contribution < 1.29 is 28.6 Å². The monoisotopic (exact) mass is 510 g/mol. The number of carbonyl (C=O) groups is 2. The van der Waals surface area contributed by atoms with Gasteiger partial charge in [-0.1, -0.05) is 43.1 Å². The van der Waals surface area contributed by atoms with Crippen molar-refractivity contribution in [3.8, 4) is 17.2 Å². The van der Waals surface area contributed by atoms with E-state index in [1.165, 1.54) is 4.90 Å². The highest BCUT2D eigenvalue weighted by molar-refractivity contribution is 6.00. The molecule has 1 atom stereocenters. The van der Waals surface area contributed by atoms with Crippen LogP contribution in [0.3, 0.4) is 0 Å². The van der Waals surface area contributed by atoms with E-state index >= 15 is 0 Å². The van der Waals surface area contributed by atoms with Gasteiger partial charge in [-0.3, -0.25) is 4.79 Å². The summed E-state index contributed by atoms with van der Waals surface area (Å²) in [7, 11) is 1.62. The molecular weight excluding hydrogens is 476 g/mol. The number of likely N-dealkylation sites (tertiary alicyclic amines) is 1. The van der Waals surface area contributed by atoms with Gasteiger partial charge in [-0.2, -0.15) is 0 Å². The molecule has 0 aliphatic carbocycles. The number of oxime groups is 1. The van der Waals surface area contributed by atoms with Gasteiger partial charge in [0.15, 0.2) is 11.5 Å². The van der Waals surface area contributed by atoms with E-state index in [0.29, 0.717) is 36.7 Å². The van der Waals surface area contributed by atoms with Gasteiger partial charge in [0.05, 0.1) is 19.4 Å². The third kappa shape index (κ3) is 7.05. The summed E-state index contributed by atoms with van der Waals surface area (Å²) in [5.41, 5.74) is 2.45. The average Bonchev–Trinajstić information content (AvgIpc) is 3.57. The molecule has 0 radical (unpaired) electrons. The second-order valence-electron chi connectivity index (χ2n) is 8.97. The number of hydrogen-bond donors (Lipinski definition) is 2. The standard InChI is InChI=1S/C27H34N4O6/c1-3-4-5-12-28-27(33)31-16-21(30-37-17-19-6-9-22(34-2)10-7-19)14-23(31)26(32)29-15-20-8-11-24-25(13-20)36-18-35-24/h6-11,13,23H,3-5,12,14-18H2,1-2H3,(H,28,33)(H,29,32)/t23-/m0/s1. The van der Waals surface area contributed by atoms with E-state index in [4.69, 9.17) is 19.0 Å². The van der Waals surface area contributed by atoms with Gasteiger partial charge < -0.3 is 34.6 Å². The number of nitrogens with zero attached hydrogens (tertiary/aromatic N) is 2. The van der Waals surface area contributed by atoms with Crippen molar-refractivity contribution in [2.75, 3.05) is 27.0 Å². The fourth-order valence-corrected chi connectivity index (χ4v) is 4.17. The highest BCUT2D eigenvalue weighted by Crippen LogP contribution is 2.32. The van der Waals surface area contributed by atoms with Crippen molar-refractivity contribution in [2.24, 2.45) is 5.16 Å². The molecule has 10 heteroatoms. The quantitative estimate of drug-likeness (QED) is 0.353. The van der Waals surface area contributed by atoms with Crippen molar-refractivity contribution in [3.05, 3.63) is 53.6 Å². The van der Waals surface area contributed by atoms with Gasteiger partial charge >= 0.3 is 6.03 Å². The van der Waals surface area contributed by atoms with Crippen LogP contribution in [0.25, 0.3) is 0 Å². The van der Waals surface area contributed by atoms with Crippen molar-refractivity contribution in [1.29, 1.82) is 0 Å². The zero-order valence-electron chi connectivity index (χ0n) is 21.3. The predicted octanol–water partition coefficient (Wildman–Crippen LogP) is 3.59. The van der Waals surface area contributed by atoms with Crippen LogP contribution in [-0.4, -0.2) is 55.6 Å². The first-order chi connectivity index (χ1) is 18.1. The number of methoxy groups -OCH3 is 1. The highest BCUT2D eigenvalue weighted by Gasteiger charge is 2.38. The molecule has 0 spiro atoms. The van der Waals surface area contributed by atoms with Crippen LogP contribution < -0.4 is 24.8 Å². The molecule has 37 heavy (non-hydrogen) atoms. The maximum Gasteiger partial charge on any atom is 0.318 e. The lowest BCUT2D eigenvalue weighted by molar-refractivity contribution is -0.124. The second-order valence-corrected chi connectivity index (χ2v) is 8.97. The summed E-state index contributed by atoms with van der Waals surface area (Å²) in [4.78, 5) is 33.1. The Bertz CT molecular complexity index is 1100. The molecule has 2 aliphatic rings. The number of amides is 3. The van der Waals surface area contributed by atoms with Crippen LogP contribution in [0.15, 0.2) is 47.6 Å². The number of urea groups is 1. The number of fused-ring (bicyclic) bond motifs is 1. The number of benzene rings is 2. The second kappa shape index (κ2) is 12.8. The summed E-state index contributed by atoms with van der Waals surface area (Å²) in [6.45, 7) is 3.67. The number of unbranched alkanes of at least 4 members (excludes halogenated alkanes) is 2. The largest absolute Gasteiger partial charge is 0.497 e. The topological polar surface area (TPSA) is 111 Å². The molecule has 1 fully saturated rings. The Morgan fingerprint density at radius 2 is 1.84 bits per heavy atom. The van der Waals surface area contributed by atoms with Crippen LogP contribution in [0.2, 0.25) is 0 Å². The SMILES string of the molecule is CCCCCNC(=O)N1CC(=NOCc2ccc(OC)cc2)C[C@H]1C(=O)NCc1ccc2c(c1)OCO2. The van der Waals surface area contributed by atoms with Crippen molar-refractivity contribution in [3.63, 3.8) is 0 Å². The molecule has 10 nitrogen and oxygen atoms in total. The fraction of sp³-hybridized carbons (Fsp3) is 0.444. The molecule has 0 saturated carbocycles. The van der Waals surface area contributed by atoms with Crippen molar-refractivity contribution in [2.45, 2.75) is 51.8 Å². The van der Waals surface area contributed by atoms with Crippen LogP contribution in [0, 0.1) is 0 Å². The van der Waals surface area contributed by atoms with Gasteiger partial charge in [-0.15, -0.1) is 0 Å². The normalized spacial score (nSPS) is 17.1.